The number of amides is 1. The average Bonchev–Trinajstić information content (AvgIpc) is 3.29. The fraction of sp³-hybridized carbons (Fsp3) is 0.389. The standard InChI is InChI=1S/C18H21N3O4/c1-13-8-9-20-21(13)15-6-4-14(5-7-15)18(23)25-12-17(22)19-11-16-3-2-10-24-16/h4-9,16H,2-3,10-12H2,1H3,(H,19,22)/t16-/m0/s1. The van der Waals surface area contributed by atoms with Gasteiger partial charge in [0.1, 0.15) is 0 Å². The second-order valence-electron chi connectivity index (χ2n) is 5.95. The van der Waals surface area contributed by atoms with Gasteiger partial charge >= 0.3 is 5.97 Å². The smallest absolute Gasteiger partial charge is 0.338 e. The van der Waals surface area contributed by atoms with Crippen LogP contribution in [0, 0.1) is 6.92 Å². The lowest BCUT2D eigenvalue weighted by molar-refractivity contribution is -0.124. The molecule has 2 aromatic rings. The first kappa shape index (κ1) is 17.2. The third-order valence-corrected chi connectivity index (χ3v) is 4.06. The SMILES string of the molecule is Cc1ccnn1-c1ccc(C(=O)OCC(=O)NC[C@@H]2CCCO2)cc1. The molecule has 1 N–H and O–H groups in total. The third-order valence-electron chi connectivity index (χ3n) is 4.06. The molecule has 0 bridgehead atoms. The van der Waals surface area contributed by atoms with E-state index in [-0.39, 0.29) is 18.6 Å². The molecule has 1 fully saturated rings. The van der Waals surface area contributed by atoms with Crippen molar-refractivity contribution in [2.24, 2.45) is 0 Å². The van der Waals surface area contributed by atoms with Crippen molar-refractivity contribution in [2.75, 3.05) is 19.8 Å². The van der Waals surface area contributed by atoms with E-state index in [2.05, 4.69) is 10.4 Å². The molecule has 7 heteroatoms. The van der Waals surface area contributed by atoms with Crippen molar-refractivity contribution >= 4 is 11.9 Å². The quantitative estimate of drug-likeness (QED) is 0.806. The molecule has 7 nitrogen and oxygen atoms in total. The van der Waals surface area contributed by atoms with Gasteiger partial charge in [0.15, 0.2) is 6.61 Å². The van der Waals surface area contributed by atoms with Gasteiger partial charge in [-0.15, -0.1) is 0 Å². The Morgan fingerprint density at radius 1 is 1.32 bits per heavy atom. The van der Waals surface area contributed by atoms with Gasteiger partial charge < -0.3 is 14.8 Å². The highest BCUT2D eigenvalue weighted by Crippen LogP contribution is 2.12. The Morgan fingerprint density at radius 3 is 2.76 bits per heavy atom. The summed E-state index contributed by atoms with van der Waals surface area (Å²) >= 11 is 0. The second-order valence-corrected chi connectivity index (χ2v) is 5.95. The van der Waals surface area contributed by atoms with Crippen LogP contribution >= 0.6 is 0 Å². The van der Waals surface area contributed by atoms with E-state index in [0.717, 1.165) is 30.8 Å². The molecule has 0 radical (unpaired) electrons. The molecule has 1 aliphatic heterocycles. The van der Waals surface area contributed by atoms with Crippen LogP contribution < -0.4 is 5.32 Å². The van der Waals surface area contributed by atoms with Gasteiger partial charge in [-0.25, -0.2) is 9.48 Å². The van der Waals surface area contributed by atoms with Crippen molar-refractivity contribution < 1.29 is 19.1 Å². The molecule has 25 heavy (non-hydrogen) atoms. The molecule has 0 saturated carbocycles. The van der Waals surface area contributed by atoms with Crippen molar-refractivity contribution in [3.05, 3.63) is 47.8 Å². The molecule has 0 spiro atoms. The van der Waals surface area contributed by atoms with E-state index < -0.39 is 5.97 Å². The maximum Gasteiger partial charge on any atom is 0.338 e. The number of benzene rings is 1. The Morgan fingerprint density at radius 2 is 2.12 bits per heavy atom. The van der Waals surface area contributed by atoms with E-state index in [4.69, 9.17) is 9.47 Å². The number of nitrogens with zero attached hydrogens (tertiary/aromatic N) is 2. The summed E-state index contributed by atoms with van der Waals surface area (Å²) < 4.78 is 12.2. The number of esters is 1. The van der Waals surface area contributed by atoms with Crippen LogP contribution in [0.1, 0.15) is 28.9 Å². The largest absolute Gasteiger partial charge is 0.452 e. The topological polar surface area (TPSA) is 82.5 Å². The van der Waals surface area contributed by atoms with Gasteiger partial charge in [-0.2, -0.15) is 5.10 Å². The number of nitrogens with one attached hydrogen (secondary N) is 1. The van der Waals surface area contributed by atoms with Crippen LogP contribution in [-0.2, 0) is 14.3 Å². The van der Waals surface area contributed by atoms with Gasteiger partial charge in [0.25, 0.3) is 5.91 Å². The number of carbonyl (C=O) groups excluding carboxylic acids is 2. The number of rotatable bonds is 6. The lowest BCUT2D eigenvalue weighted by atomic mass is 10.2. The lowest BCUT2D eigenvalue weighted by Gasteiger charge is -2.11. The fourth-order valence-electron chi connectivity index (χ4n) is 2.68. The highest BCUT2D eigenvalue weighted by atomic mass is 16.5. The molecular weight excluding hydrogens is 322 g/mol. The highest BCUT2D eigenvalue weighted by molar-refractivity contribution is 5.91. The maximum atomic E-state index is 12.0. The minimum atomic E-state index is -0.531. The van der Waals surface area contributed by atoms with Gasteiger partial charge in [-0.05, 0) is 50.1 Å². The predicted molar refractivity (Wildman–Crippen MR) is 90.6 cm³/mol. The number of carbonyl (C=O) groups is 2. The van der Waals surface area contributed by atoms with Crippen LogP contribution in [0.4, 0.5) is 0 Å². The molecular formula is C18H21N3O4. The first-order chi connectivity index (χ1) is 12.1. The molecule has 1 saturated heterocycles. The molecule has 1 atom stereocenters. The van der Waals surface area contributed by atoms with Crippen molar-refractivity contribution in [3.63, 3.8) is 0 Å². The maximum absolute atomic E-state index is 12.0. The number of aromatic nitrogens is 2. The minimum absolute atomic E-state index is 0.0675. The van der Waals surface area contributed by atoms with Gasteiger partial charge in [0.05, 0.1) is 17.4 Å². The number of hydrogen-bond acceptors (Lipinski definition) is 5. The number of aryl methyl sites for hydroxylation is 1. The minimum Gasteiger partial charge on any atom is -0.452 e. The molecule has 0 unspecified atom stereocenters. The summed E-state index contributed by atoms with van der Waals surface area (Å²) in [7, 11) is 0. The Labute approximate surface area is 145 Å². The van der Waals surface area contributed by atoms with E-state index in [1.165, 1.54) is 0 Å². The zero-order chi connectivity index (χ0) is 17.6. The third kappa shape index (κ3) is 4.45. The van der Waals surface area contributed by atoms with E-state index in [0.29, 0.717) is 12.1 Å². The van der Waals surface area contributed by atoms with Crippen LogP contribution in [0.3, 0.4) is 0 Å². The van der Waals surface area contributed by atoms with Crippen molar-refractivity contribution in [1.82, 2.24) is 15.1 Å². The summed E-state index contributed by atoms with van der Waals surface area (Å²) in [5, 5.41) is 6.92. The van der Waals surface area contributed by atoms with Crippen LogP contribution in [0.5, 0.6) is 0 Å². The summed E-state index contributed by atoms with van der Waals surface area (Å²) in [5.74, 6) is -0.858. The van der Waals surface area contributed by atoms with Gasteiger partial charge in [-0.1, -0.05) is 0 Å². The van der Waals surface area contributed by atoms with Crippen LogP contribution in [0.2, 0.25) is 0 Å². The number of ether oxygens (including phenoxy) is 2. The normalized spacial score (nSPS) is 16.6. The van der Waals surface area contributed by atoms with Gasteiger partial charge in [0.2, 0.25) is 0 Å². The lowest BCUT2D eigenvalue weighted by Crippen LogP contribution is -2.34. The second kappa shape index (κ2) is 7.94. The molecule has 2 heterocycles. The molecule has 1 aromatic heterocycles. The van der Waals surface area contributed by atoms with E-state index in [1.54, 1.807) is 35.1 Å². The summed E-state index contributed by atoms with van der Waals surface area (Å²) in [6.07, 6.45) is 3.75. The van der Waals surface area contributed by atoms with E-state index in [1.807, 2.05) is 13.0 Å². The van der Waals surface area contributed by atoms with Crippen molar-refractivity contribution in [3.8, 4) is 5.69 Å². The summed E-state index contributed by atoms with van der Waals surface area (Å²) in [4.78, 5) is 23.8. The van der Waals surface area contributed by atoms with Crippen LogP contribution in [0.25, 0.3) is 5.69 Å². The zero-order valence-corrected chi connectivity index (χ0v) is 14.1. The van der Waals surface area contributed by atoms with Gasteiger partial charge in [-0.3, -0.25) is 4.79 Å². The van der Waals surface area contributed by atoms with Crippen LogP contribution in [-0.4, -0.2) is 47.5 Å². The van der Waals surface area contributed by atoms with Crippen LogP contribution in [0.15, 0.2) is 36.5 Å². The molecule has 0 aliphatic carbocycles. The summed E-state index contributed by atoms with van der Waals surface area (Å²) in [6.45, 7) is 2.84. The van der Waals surface area contributed by atoms with Crippen molar-refractivity contribution in [2.45, 2.75) is 25.9 Å². The Balaban J connectivity index is 1.47. The Kier molecular flexibility index (Phi) is 5.45. The molecule has 132 valence electrons. The van der Waals surface area contributed by atoms with Gasteiger partial charge in [0, 0.05) is 25.0 Å². The van der Waals surface area contributed by atoms with Crippen molar-refractivity contribution in [1.29, 1.82) is 0 Å². The molecule has 3 rings (SSSR count). The Bertz CT molecular complexity index is 733. The monoisotopic (exact) mass is 343 g/mol. The molecule has 1 aromatic carbocycles. The fourth-order valence-corrected chi connectivity index (χ4v) is 2.68. The molecule has 1 amide bonds. The average molecular weight is 343 g/mol. The summed E-state index contributed by atoms with van der Waals surface area (Å²) in [6, 6.07) is 8.78. The number of hydrogen-bond donors (Lipinski definition) is 1. The first-order valence-corrected chi connectivity index (χ1v) is 8.30. The molecule has 1 aliphatic rings. The first-order valence-electron chi connectivity index (χ1n) is 8.30. The summed E-state index contributed by atoms with van der Waals surface area (Å²) in [5.41, 5.74) is 2.24. The van der Waals surface area contributed by atoms with E-state index >= 15 is 0 Å². The zero-order valence-electron chi connectivity index (χ0n) is 14.1. The highest BCUT2D eigenvalue weighted by Gasteiger charge is 2.17. The predicted octanol–water partition coefficient (Wildman–Crippen LogP) is 1.63. The van der Waals surface area contributed by atoms with E-state index in [9.17, 15) is 9.59 Å². The Hall–Kier alpha value is -2.67.